The lowest BCUT2D eigenvalue weighted by molar-refractivity contribution is 0.230. The maximum absolute atomic E-state index is 12.9. The zero-order valence-electron chi connectivity index (χ0n) is 13.7. The van der Waals surface area contributed by atoms with Gasteiger partial charge in [-0.25, -0.2) is 9.18 Å². The van der Waals surface area contributed by atoms with E-state index in [2.05, 4.69) is 10.6 Å². The molecule has 0 radical (unpaired) electrons. The largest absolute Gasteiger partial charge is 0.335 e. The van der Waals surface area contributed by atoms with Crippen molar-refractivity contribution in [1.82, 2.24) is 10.6 Å². The number of benzene rings is 1. The highest BCUT2D eigenvalue weighted by Gasteiger charge is 2.26. The Morgan fingerprint density at radius 2 is 2.04 bits per heavy atom. The molecule has 2 rings (SSSR count). The third-order valence-corrected chi connectivity index (χ3v) is 6.08. The molecule has 2 N–H and O–H groups in total. The fourth-order valence-electron chi connectivity index (χ4n) is 3.01. The van der Waals surface area contributed by atoms with Gasteiger partial charge >= 0.3 is 6.03 Å². The molecule has 1 aromatic rings. The van der Waals surface area contributed by atoms with Gasteiger partial charge in [-0.15, -0.1) is 0 Å². The minimum atomic E-state index is -0.799. The smallest absolute Gasteiger partial charge is 0.315 e. The van der Waals surface area contributed by atoms with E-state index in [0.29, 0.717) is 5.75 Å². The second-order valence-corrected chi connectivity index (χ2v) is 8.05. The number of urea groups is 1. The minimum Gasteiger partial charge on any atom is -0.335 e. The summed E-state index contributed by atoms with van der Waals surface area (Å²) in [5.74, 6) is 0.383. The Morgan fingerprint density at radius 3 is 2.70 bits per heavy atom. The summed E-state index contributed by atoms with van der Waals surface area (Å²) in [6, 6.07) is 5.76. The standard InChI is InChI=1S/C17H25FN2O2S/c1-3-23(22)16-6-4-5-15(11-16)20-17(21)19-12(2)13-7-9-14(18)10-8-13/h7-10,12,15-16H,3-6,11H2,1-2H3,(H2,19,20,21)/t12-,15-,16+,23+/m0/s1. The van der Waals surface area contributed by atoms with Gasteiger partial charge in [0.1, 0.15) is 5.82 Å². The second kappa shape index (κ2) is 8.43. The summed E-state index contributed by atoms with van der Waals surface area (Å²) in [6.45, 7) is 3.80. The summed E-state index contributed by atoms with van der Waals surface area (Å²) in [5, 5.41) is 6.04. The highest BCUT2D eigenvalue weighted by molar-refractivity contribution is 7.85. The molecular formula is C17H25FN2O2S. The maximum atomic E-state index is 12.9. The molecule has 1 aliphatic carbocycles. The zero-order chi connectivity index (χ0) is 16.8. The lowest BCUT2D eigenvalue weighted by Crippen LogP contribution is -2.46. The van der Waals surface area contributed by atoms with Crippen molar-refractivity contribution in [3.63, 3.8) is 0 Å². The summed E-state index contributed by atoms with van der Waals surface area (Å²) >= 11 is 0. The third-order valence-electron chi connectivity index (χ3n) is 4.34. The highest BCUT2D eigenvalue weighted by Crippen LogP contribution is 2.23. The Labute approximate surface area is 139 Å². The Hall–Kier alpha value is -1.43. The Morgan fingerprint density at radius 1 is 1.35 bits per heavy atom. The highest BCUT2D eigenvalue weighted by atomic mass is 32.2. The summed E-state index contributed by atoms with van der Waals surface area (Å²) < 4.78 is 24.9. The lowest BCUT2D eigenvalue weighted by atomic mass is 9.95. The number of carbonyl (C=O) groups is 1. The molecule has 0 spiro atoms. The van der Waals surface area contributed by atoms with Gasteiger partial charge in [-0.2, -0.15) is 0 Å². The van der Waals surface area contributed by atoms with Crippen molar-refractivity contribution in [2.75, 3.05) is 5.75 Å². The van der Waals surface area contributed by atoms with Crippen LogP contribution in [-0.4, -0.2) is 27.3 Å². The second-order valence-electron chi connectivity index (χ2n) is 6.05. The normalized spacial score (nSPS) is 23.8. The first kappa shape index (κ1) is 17.9. The van der Waals surface area contributed by atoms with Crippen molar-refractivity contribution in [3.05, 3.63) is 35.6 Å². The number of carbonyl (C=O) groups excluding carboxylic acids is 1. The van der Waals surface area contributed by atoms with Crippen LogP contribution in [0.3, 0.4) is 0 Å². The van der Waals surface area contributed by atoms with Crippen molar-refractivity contribution >= 4 is 16.8 Å². The molecule has 128 valence electrons. The predicted molar refractivity (Wildman–Crippen MR) is 91.2 cm³/mol. The Balaban J connectivity index is 1.84. The summed E-state index contributed by atoms with van der Waals surface area (Å²) in [4.78, 5) is 12.1. The van der Waals surface area contributed by atoms with E-state index in [4.69, 9.17) is 0 Å². The molecule has 6 heteroatoms. The van der Waals surface area contributed by atoms with Gasteiger partial charge in [0, 0.05) is 27.8 Å². The zero-order valence-corrected chi connectivity index (χ0v) is 14.5. The number of hydrogen-bond acceptors (Lipinski definition) is 2. The molecule has 0 heterocycles. The van der Waals surface area contributed by atoms with E-state index in [0.717, 1.165) is 31.2 Å². The maximum Gasteiger partial charge on any atom is 0.315 e. The van der Waals surface area contributed by atoms with Crippen LogP contribution in [-0.2, 0) is 10.8 Å². The average Bonchev–Trinajstić information content (AvgIpc) is 2.54. The number of rotatable bonds is 5. The van der Waals surface area contributed by atoms with Crippen molar-refractivity contribution < 1.29 is 13.4 Å². The number of halogens is 1. The molecule has 1 saturated carbocycles. The summed E-state index contributed by atoms with van der Waals surface area (Å²) in [5.41, 5.74) is 0.857. The molecule has 0 saturated heterocycles. The van der Waals surface area contributed by atoms with Gasteiger partial charge in [0.2, 0.25) is 0 Å². The van der Waals surface area contributed by atoms with Crippen molar-refractivity contribution in [2.24, 2.45) is 0 Å². The molecule has 1 aliphatic rings. The number of nitrogens with one attached hydrogen (secondary N) is 2. The fraction of sp³-hybridized carbons (Fsp3) is 0.588. The van der Waals surface area contributed by atoms with Crippen LogP contribution in [0.5, 0.6) is 0 Å². The van der Waals surface area contributed by atoms with E-state index < -0.39 is 10.8 Å². The molecular weight excluding hydrogens is 315 g/mol. The van der Waals surface area contributed by atoms with Gasteiger partial charge in [0.25, 0.3) is 0 Å². The van der Waals surface area contributed by atoms with Crippen LogP contribution in [0.2, 0.25) is 0 Å². The first-order valence-corrected chi connectivity index (χ1v) is 9.57. The number of hydrogen-bond donors (Lipinski definition) is 2. The van der Waals surface area contributed by atoms with E-state index in [9.17, 15) is 13.4 Å². The quantitative estimate of drug-likeness (QED) is 0.864. The summed E-state index contributed by atoms with van der Waals surface area (Å²) in [7, 11) is -0.799. The minimum absolute atomic E-state index is 0.0738. The number of amides is 2. The molecule has 0 bridgehead atoms. The lowest BCUT2D eigenvalue weighted by Gasteiger charge is -2.29. The van der Waals surface area contributed by atoms with Crippen LogP contribution in [0.4, 0.5) is 9.18 Å². The van der Waals surface area contributed by atoms with E-state index in [1.165, 1.54) is 12.1 Å². The molecule has 0 aliphatic heterocycles. The van der Waals surface area contributed by atoms with Crippen LogP contribution in [0, 0.1) is 5.82 Å². The van der Waals surface area contributed by atoms with Crippen LogP contribution < -0.4 is 10.6 Å². The van der Waals surface area contributed by atoms with Gasteiger partial charge in [-0.3, -0.25) is 4.21 Å². The van der Waals surface area contributed by atoms with Crippen molar-refractivity contribution in [2.45, 2.75) is 56.9 Å². The van der Waals surface area contributed by atoms with E-state index in [1.807, 2.05) is 13.8 Å². The molecule has 0 unspecified atom stereocenters. The van der Waals surface area contributed by atoms with Gasteiger partial charge in [-0.1, -0.05) is 25.5 Å². The predicted octanol–water partition coefficient (Wildman–Crippen LogP) is 3.27. The molecule has 4 atom stereocenters. The van der Waals surface area contributed by atoms with E-state index in [1.54, 1.807) is 12.1 Å². The third kappa shape index (κ3) is 5.30. The van der Waals surface area contributed by atoms with Crippen LogP contribution in [0.25, 0.3) is 0 Å². The molecule has 4 nitrogen and oxygen atoms in total. The molecule has 0 aromatic heterocycles. The SMILES string of the molecule is CC[S@@](=O)[C@@H]1CCC[C@H](NC(=O)N[C@@H](C)c2ccc(F)cc2)C1. The molecule has 2 amide bonds. The monoisotopic (exact) mass is 340 g/mol. The first-order valence-electron chi connectivity index (χ1n) is 8.19. The van der Waals surface area contributed by atoms with Gasteiger partial charge < -0.3 is 10.6 Å². The van der Waals surface area contributed by atoms with Gasteiger partial charge in [0.05, 0.1) is 6.04 Å². The van der Waals surface area contributed by atoms with Crippen LogP contribution in [0.15, 0.2) is 24.3 Å². The van der Waals surface area contributed by atoms with Gasteiger partial charge in [0.15, 0.2) is 0 Å². The molecule has 23 heavy (non-hydrogen) atoms. The van der Waals surface area contributed by atoms with Crippen molar-refractivity contribution in [3.8, 4) is 0 Å². The van der Waals surface area contributed by atoms with E-state index in [-0.39, 0.29) is 29.2 Å². The fourth-order valence-corrected chi connectivity index (χ4v) is 4.36. The Kier molecular flexibility index (Phi) is 6.57. The first-order chi connectivity index (χ1) is 11.0. The average molecular weight is 340 g/mol. The van der Waals surface area contributed by atoms with Gasteiger partial charge in [-0.05, 0) is 43.9 Å². The molecule has 1 fully saturated rings. The van der Waals surface area contributed by atoms with Crippen LogP contribution >= 0.6 is 0 Å². The topological polar surface area (TPSA) is 58.2 Å². The van der Waals surface area contributed by atoms with Crippen LogP contribution in [0.1, 0.15) is 51.1 Å². The molecule has 1 aromatic carbocycles. The van der Waals surface area contributed by atoms with E-state index >= 15 is 0 Å². The Bertz CT molecular complexity index is 550. The summed E-state index contributed by atoms with van der Waals surface area (Å²) in [6.07, 6.45) is 3.68. The van der Waals surface area contributed by atoms with Crippen molar-refractivity contribution in [1.29, 1.82) is 0 Å².